The molecule has 3 aromatic rings. The van der Waals surface area contributed by atoms with Gasteiger partial charge in [-0.1, -0.05) is 6.07 Å². The quantitative estimate of drug-likeness (QED) is 0.686. The Hall–Kier alpha value is -2.49. The summed E-state index contributed by atoms with van der Waals surface area (Å²) in [7, 11) is 0. The lowest BCUT2D eigenvalue weighted by atomic mass is 10.1. The molecule has 0 bridgehead atoms. The minimum absolute atomic E-state index is 0.483. The van der Waals surface area contributed by atoms with E-state index in [0.29, 0.717) is 5.82 Å². The van der Waals surface area contributed by atoms with Crippen LogP contribution in [-0.2, 0) is 0 Å². The van der Waals surface area contributed by atoms with Gasteiger partial charge in [-0.3, -0.25) is 9.97 Å². The van der Waals surface area contributed by atoms with Gasteiger partial charge >= 0.3 is 0 Å². The molecule has 0 radical (unpaired) electrons. The minimum Gasteiger partial charge on any atom is -0.383 e. The highest BCUT2D eigenvalue weighted by Crippen LogP contribution is 2.23. The average Bonchev–Trinajstić information content (AvgIpc) is 2.40. The van der Waals surface area contributed by atoms with Crippen LogP contribution in [0.3, 0.4) is 0 Å². The molecule has 0 saturated carbocycles. The van der Waals surface area contributed by atoms with Gasteiger partial charge in [0.05, 0.1) is 11.4 Å². The second-order valence-corrected chi connectivity index (χ2v) is 3.70. The van der Waals surface area contributed by atoms with E-state index in [2.05, 4.69) is 15.0 Å². The molecule has 82 valence electrons. The zero-order chi connectivity index (χ0) is 11.7. The Kier molecular flexibility index (Phi) is 2.19. The Morgan fingerprint density at radius 1 is 1.00 bits per heavy atom. The van der Waals surface area contributed by atoms with Crippen molar-refractivity contribution < 1.29 is 0 Å². The number of nitrogens with zero attached hydrogens (tertiary/aromatic N) is 3. The second-order valence-electron chi connectivity index (χ2n) is 3.70. The van der Waals surface area contributed by atoms with Gasteiger partial charge in [0.15, 0.2) is 0 Å². The molecule has 4 nitrogen and oxygen atoms in total. The Morgan fingerprint density at radius 2 is 1.94 bits per heavy atom. The highest BCUT2D eigenvalue weighted by molar-refractivity contribution is 5.92. The number of anilines is 1. The van der Waals surface area contributed by atoms with Crippen LogP contribution < -0.4 is 5.73 Å². The monoisotopic (exact) mass is 222 g/mol. The van der Waals surface area contributed by atoms with Crippen LogP contribution in [-0.4, -0.2) is 15.0 Å². The van der Waals surface area contributed by atoms with Crippen LogP contribution in [0.4, 0.5) is 5.82 Å². The molecule has 2 N–H and O–H groups in total. The largest absolute Gasteiger partial charge is 0.383 e. The normalized spacial score (nSPS) is 10.6. The molecule has 0 aliphatic heterocycles. The van der Waals surface area contributed by atoms with Gasteiger partial charge in [0.1, 0.15) is 5.82 Å². The average molecular weight is 222 g/mol. The van der Waals surface area contributed by atoms with Crippen molar-refractivity contribution in [3.63, 3.8) is 0 Å². The maximum absolute atomic E-state index is 5.92. The fourth-order valence-electron chi connectivity index (χ4n) is 1.76. The van der Waals surface area contributed by atoms with Gasteiger partial charge in [-0.15, -0.1) is 0 Å². The molecule has 3 heterocycles. The van der Waals surface area contributed by atoms with Crippen LogP contribution in [0.25, 0.3) is 22.2 Å². The maximum atomic E-state index is 5.92. The van der Waals surface area contributed by atoms with Crippen LogP contribution in [0.5, 0.6) is 0 Å². The molecular weight excluding hydrogens is 212 g/mol. The van der Waals surface area contributed by atoms with E-state index < -0.39 is 0 Å². The summed E-state index contributed by atoms with van der Waals surface area (Å²) in [5.74, 6) is 0.483. The zero-order valence-electron chi connectivity index (χ0n) is 9.04. The van der Waals surface area contributed by atoms with Crippen molar-refractivity contribution in [2.24, 2.45) is 0 Å². The van der Waals surface area contributed by atoms with Crippen LogP contribution in [0.15, 0.2) is 48.9 Å². The summed E-state index contributed by atoms with van der Waals surface area (Å²) in [5.41, 5.74) is 7.51. The van der Waals surface area contributed by atoms with Crippen LogP contribution in [0, 0.1) is 0 Å². The summed E-state index contributed by atoms with van der Waals surface area (Å²) in [6.07, 6.45) is 5.20. The van der Waals surface area contributed by atoms with Gasteiger partial charge in [-0.2, -0.15) is 0 Å². The predicted octanol–water partition coefficient (Wildman–Crippen LogP) is 2.27. The van der Waals surface area contributed by atoms with Crippen molar-refractivity contribution in [1.29, 1.82) is 0 Å². The zero-order valence-corrected chi connectivity index (χ0v) is 9.04. The van der Waals surface area contributed by atoms with E-state index in [1.54, 1.807) is 18.6 Å². The lowest BCUT2D eigenvalue weighted by molar-refractivity contribution is 1.26. The summed E-state index contributed by atoms with van der Waals surface area (Å²) in [6, 6.07) is 9.60. The number of rotatable bonds is 1. The number of aromatic nitrogens is 3. The number of fused-ring (bicyclic) bond motifs is 1. The fourth-order valence-corrected chi connectivity index (χ4v) is 1.76. The first-order valence-electron chi connectivity index (χ1n) is 5.26. The first kappa shape index (κ1) is 9.72. The van der Waals surface area contributed by atoms with E-state index in [1.165, 1.54) is 0 Å². The van der Waals surface area contributed by atoms with Gasteiger partial charge in [0.2, 0.25) is 0 Å². The van der Waals surface area contributed by atoms with E-state index >= 15 is 0 Å². The van der Waals surface area contributed by atoms with Gasteiger partial charge in [-0.25, -0.2) is 4.98 Å². The van der Waals surface area contributed by atoms with Crippen LogP contribution >= 0.6 is 0 Å². The summed E-state index contributed by atoms with van der Waals surface area (Å²) in [4.78, 5) is 12.7. The van der Waals surface area contributed by atoms with E-state index in [1.807, 2.05) is 30.3 Å². The first-order chi connectivity index (χ1) is 8.34. The van der Waals surface area contributed by atoms with E-state index in [4.69, 9.17) is 5.73 Å². The molecule has 0 aliphatic rings. The molecule has 0 aromatic carbocycles. The van der Waals surface area contributed by atoms with Crippen molar-refractivity contribution in [2.75, 3.05) is 5.73 Å². The van der Waals surface area contributed by atoms with E-state index in [-0.39, 0.29) is 0 Å². The van der Waals surface area contributed by atoms with Crippen molar-refractivity contribution >= 4 is 16.6 Å². The Balaban J connectivity index is 2.26. The summed E-state index contributed by atoms with van der Waals surface area (Å²) in [5, 5.41) is 1.89. The van der Waals surface area contributed by atoms with Gasteiger partial charge in [0, 0.05) is 24.0 Å². The predicted molar refractivity (Wildman–Crippen MR) is 67.2 cm³/mol. The highest BCUT2D eigenvalue weighted by atomic mass is 14.9. The van der Waals surface area contributed by atoms with Gasteiger partial charge < -0.3 is 5.73 Å². The molecule has 4 heteroatoms. The van der Waals surface area contributed by atoms with Gasteiger partial charge in [-0.05, 0) is 29.7 Å². The minimum atomic E-state index is 0.483. The molecule has 0 spiro atoms. The van der Waals surface area contributed by atoms with Crippen molar-refractivity contribution in [3.8, 4) is 11.4 Å². The van der Waals surface area contributed by atoms with Crippen LogP contribution in [0.1, 0.15) is 0 Å². The third-order valence-electron chi connectivity index (χ3n) is 2.59. The number of hydrogen-bond donors (Lipinski definition) is 1. The molecule has 0 atom stereocenters. The third-order valence-corrected chi connectivity index (χ3v) is 2.59. The maximum Gasteiger partial charge on any atom is 0.133 e. The molecule has 0 amide bonds. The molecule has 3 aromatic heterocycles. The smallest absolute Gasteiger partial charge is 0.133 e. The molecule has 0 aliphatic carbocycles. The van der Waals surface area contributed by atoms with E-state index in [0.717, 1.165) is 22.2 Å². The molecule has 17 heavy (non-hydrogen) atoms. The summed E-state index contributed by atoms with van der Waals surface area (Å²) < 4.78 is 0. The Bertz CT molecular complexity index is 665. The molecule has 0 unspecified atom stereocenters. The Morgan fingerprint density at radius 3 is 2.76 bits per heavy atom. The third kappa shape index (κ3) is 1.69. The molecular formula is C13H10N4. The van der Waals surface area contributed by atoms with Crippen molar-refractivity contribution in [2.45, 2.75) is 0 Å². The number of hydrogen-bond acceptors (Lipinski definition) is 4. The van der Waals surface area contributed by atoms with Crippen LogP contribution in [0.2, 0.25) is 0 Å². The molecule has 0 saturated heterocycles. The standard InChI is InChI=1S/C13H10N4/c14-13-10-8-15-6-4-9(10)7-12(17-13)11-3-1-2-5-16-11/h1-8H,(H2,14,17). The number of pyridine rings is 3. The Labute approximate surface area is 98.2 Å². The van der Waals surface area contributed by atoms with Crippen molar-refractivity contribution in [3.05, 3.63) is 48.9 Å². The van der Waals surface area contributed by atoms with Gasteiger partial charge in [0.25, 0.3) is 0 Å². The SMILES string of the molecule is Nc1nc(-c2ccccn2)cc2ccncc12. The molecule has 0 fully saturated rings. The number of nitrogen functional groups attached to an aromatic ring is 1. The summed E-state index contributed by atoms with van der Waals surface area (Å²) >= 11 is 0. The lowest BCUT2D eigenvalue weighted by Crippen LogP contribution is -1.95. The topological polar surface area (TPSA) is 64.7 Å². The number of nitrogens with two attached hydrogens (primary N) is 1. The lowest BCUT2D eigenvalue weighted by Gasteiger charge is -2.04. The summed E-state index contributed by atoms with van der Waals surface area (Å²) in [6.45, 7) is 0. The highest BCUT2D eigenvalue weighted by Gasteiger charge is 2.05. The van der Waals surface area contributed by atoms with Crippen molar-refractivity contribution in [1.82, 2.24) is 15.0 Å². The molecule has 3 rings (SSSR count). The fraction of sp³-hybridized carbons (Fsp3) is 0. The second kappa shape index (κ2) is 3.83. The first-order valence-corrected chi connectivity index (χ1v) is 5.26. The van der Waals surface area contributed by atoms with E-state index in [9.17, 15) is 0 Å².